The molecule has 4 heteroatoms. The molecule has 0 bridgehead atoms. The predicted molar refractivity (Wildman–Crippen MR) is 51.3 cm³/mol. The van der Waals surface area contributed by atoms with Crippen LogP contribution < -0.4 is 5.32 Å². The minimum atomic E-state index is -0.912. The van der Waals surface area contributed by atoms with Crippen LogP contribution in [-0.2, 0) is 12.8 Å². The molecule has 1 unspecified atom stereocenters. The van der Waals surface area contributed by atoms with Crippen molar-refractivity contribution in [2.45, 2.75) is 25.3 Å². The Morgan fingerprint density at radius 2 is 2.54 bits per heavy atom. The maximum Gasteiger partial charge on any atom is 0.404 e. The van der Waals surface area contributed by atoms with Gasteiger partial charge in [0, 0.05) is 17.3 Å². The first-order valence-corrected chi connectivity index (χ1v) is 5.18. The van der Waals surface area contributed by atoms with Crippen molar-refractivity contribution in [2.24, 2.45) is 0 Å². The third-order valence-electron chi connectivity index (χ3n) is 2.36. The van der Waals surface area contributed by atoms with Gasteiger partial charge in [0.2, 0.25) is 0 Å². The number of hydrogen-bond acceptors (Lipinski definition) is 2. The van der Waals surface area contributed by atoms with Gasteiger partial charge < -0.3 is 10.4 Å². The highest BCUT2D eigenvalue weighted by atomic mass is 32.1. The van der Waals surface area contributed by atoms with Crippen LogP contribution in [0.4, 0.5) is 4.79 Å². The van der Waals surface area contributed by atoms with Crippen LogP contribution in [0.2, 0.25) is 0 Å². The molecule has 2 rings (SSSR count). The van der Waals surface area contributed by atoms with E-state index in [9.17, 15) is 4.79 Å². The summed E-state index contributed by atoms with van der Waals surface area (Å²) >= 11 is 1.72. The van der Waals surface area contributed by atoms with Crippen molar-refractivity contribution in [3.05, 3.63) is 21.9 Å². The van der Waals surface area contributed by atoms with Gasteiger partial charge in [-0.1, -0.05) is 0 Å². The number of fused-ring (bicyclic) bond motifs is 1. The molecule has 0 saturated heterocycles. The van der Waals surface area contributed by atoms with Crippen LogP contribution in [0.5, 0.6) is 0 Å². The van der Waals surface area contributed by atoms with E-state index in [-0.39, 0.29) is 6.04 Å². The Labute approximate surface area is 80.4 Å². The van der Waals surface area contributed by atoms with Crippen LogP contribution >= 0.6 is 11.3 Å². The monoisotopic (exact) mass is 197 g/mol. The van der Waals surface area contributed by atoms with E-state index in [1.165, 1.54) is 10.4 Å². The topological polar surface area (TPSA) is 49.3 Å². The molecule has 1 aliphatic rings. The van der Waals surface area contributed by atoms with Gasteiger partial charge in [0.25, 0.3) is 0 Å². The van der Waals surface area contributed by atoms with Gasteiger partial charge in [0.1, 0.15) is 0 Å². The fourth-order valence-electron chi connectivity index (χ4n) is 1.72. The van der Waals surface area contributed by atoms with Gasteiger partial charge in [-0.3, -0.25) is 0 Å². The largest absolute Gasteiger partial charge is 0.465 e. The summed E-state index contributed by atoms with van der Waals surface area (Å²) in [5, 5.41) is 13.2. The number of hydrogen-bond donors (Lipinski definition) is 2. The van der Waals surface area contributed by atoms with Crippen LogP contribution in [0, 0.1) is 0 Å². The van der Waals surface area contributed by atoms with Gasteiger partial charge in [-0.15, -0.1) is 11.3 Å². The molecular formula is C9H11NO2S. The summed E-state index contributed by atoms with van der Waals surface area (Å²) in [6.07, 6.45) is 1.88. The molecular weight excluding hydrogens is 186 g/mol. The first-order valence-electron chi connectivity index (χ1n) is 4.30. The Balaban J connectivity index is 2.04. The molecule has 1 atom stereocenters. The summed E-state index contributed by atoms with van der Waals surface area (Å²) in [5.41, 5.74) is 1.40. The Morgan fingerprint density at radius 1 is 1.69 bits per heavy atom. The van der Waals surface area contributed by atoms with Crippen molar-refractivity contribution >= 4 is 17.4 Å². The van der Waals surface area contributed by atoms with Gasteiger partial charge >= 0.3 is 6.09 Å². The Morgan fingerprint density at radius 3 is 3.31 bits per heavy atom. The highest BCUT2D eigenvalue weighted by Crippen LogP contribution is 2.25. The third kappa shape index (κ3) is 1.83. The van der Waals surface area contributed by atoms with E-state index in [2.05, 4.69) is 16.8 Å². The smallest absolute Gasteiger partial charge is 0.404 e. The average Bonchev–Trinajstić information content (AvgIpc) is 2.49. The summed E-state index contributed by atoms with van der Waals surface area (Å²) in [6, 6.07) is 2.25. The number of carbonyl (C=O) groups is 1. The maximum absolute atomic E-state index is 10.4. The Hall–Kier alpha value is -1.03. The first kappa shape index (κ1) is 8.56. The molecule has 0 aromatic carbocycles. The van der Waals surface area contributed by atoms with Crippen molar-refractivity contribution in [3.63, 3.8) is 0 Å². The lowest BCUT2D eigenvalue weighted by atomic mass is 9.95. The van der Waals surface area contributed by atoms with E-state index in [0.717, 1.165) is 19.3 Å². The lowest BCUT2D eigenvalue weighted by Crippen LogP contribution is -2.37. The lowest BCUT2D eigenvalue weighted by Gasteiger charge is -2.21. The molecule has 1 aromatic heterocycles. The zero-order valence-corrected chi connectivity index (χ0v) is 7.93. The zero-order chi connectivity index (χ0) is 9.26. The minimum Gasteiger partial charge on any atom is -0.465 e. The minimum absolute atomic E-state index is 0.114. The van der Waals surface area contributed by atoms with E-state index >= 15 is 0 Å². The predicted octanol–water partition coefficient (Wildman–Crippen LogP) is 1.87. The molecule has 0 aliphatic heterocycles. The molecule has 0 saturated carbocycles. The highest BCUT2D eigenvalue weighted by Gasteiger charge is 2.20. The summed E-state index contributed by atoms with van der Waals surface area (Å²) in [6.45, 7) is 0. The molecule has 3 nitrogen and oxygen atoms in total. The van der Waals surface area contributed by atoms with E-state index < -0.39 is 6.09 Å². The summed E-state index contributed by atoms with van der Waals surface area (Å²) < 4.78 is 0. The lowest BCUT2D eigenvalue weighted by molar-refractivity contribution is 0.188. The molecule has 13 heavy (non-hydrogen) atoms. The number of carboxylic acid groups (broad SMARTS) is 1. The van der Waals surface area contributed by atoms with Crippen molar-refractivity contribution in [3.8, 4) is 0 Å². The highest BCUT2D eigenvalue weighted by molar-refractivity contribution is 7.10. The first-order chi connectivity index (χ1) is 6.25. The quantitative estimate of drug-likeness (QED) is 0.722. The molecule has 0 radical (unpaired) electrons. The van der Waals surface area contributed by atoms with Crippen LogP contribution in [-0.4, -0.2) is 17.2 Å². The summed E-state index contributed by atoms with van der Waals surface area (Å²) in [4.78, 5) is 11.7. The van der Waals surface area contributed by atoms with E-state index in [1.807, 2.05) is 0 Å². The fraction of sp³-hybridized carbons (Fsp3) is 0.444. The van der Waals surface area contributed by atoms with Gasteiger partial charge in [0.05, 0.1) is 0 Å². The number of thiophene rings is 1. The summed E-state index contributed by atoms with van der Waals surface area (Å²) in [5.74, 6) is 0. The second-order valence-corrected chi connectivity index (χ2v) is 4.26. The fourth-order valence-corrected chi connectivity index (χ4v) is 2.74. The number of amides is 1. The van der Waals surface area contributed by atoms with Crippen LogP contribution in [0.3, 0.4) is 0 Å². The van der Waals surface area contributed by atoms with Crippen LogP contribution in [0.1, 0.15) is 16.9 Å². The molecule has 1 amide bonds. The standard InChI is InChI=1S/C9H11NO2S/c11-9(12)10-7-2-1-6-3-4-13-8(6)5-7/h3-4,7,10H,1-2,5H2,(H,11,12). The second kappa shape index (κ2) is 3.38. The number of nitrogens with one attached hydrogen (secondary N) is 1. The molecule has 2 N–H and O–H groups in total. The van der Waals surface area contributed by atoms with Crippen molar-refractivity contribution in [2.75, 3.05) is 0 Å². The van der Waals surface area contributed by atoms with Gasteiger partial charge in [0.15, 0.2) is 0 Å². The molecule has 0 fully saturated rings. The van der Waals surface area contributed by atoms with E-state index in [0.29, 0.717) is 0 Å². The van der Waals surface area contributed by atoms with Gasteiger partial charge in [-0.25, -0.2) is 4.79 Å². The SMILES string of the molecule is O=C(O)NC1CCc2ccsc2C1. The van der Waals surface area contributed by atoms with Crippen LogP contribution in [0.15, 0.2) is 11.4 Å². The van der Waals surface area contributed by atoms with Crippen LogP contribution in [0.25, 0.3) is 0 Å². The van der Waals surface area contributed by atoms with Crippen molar-refractivity contribution in [1.29, 1.82) is 0 Å². The van der Waals surface area contributed by atoms with E-state index in [1.54, 1.807) is 11.3 Å². The second-order valence-electron chi connectivity index (χ2n) is 3.26. The molecule has 1 aromatic rings. The normalized spacial score (nSPS) is 20.8. The van der Waals surface area contributed by atoms with Crippen molar-refractivity contribution in [1.82, 2.24) is 5.32 Å². The third-order valence-corrected chi connectivity index (χ3v) is 3.34. The van der Waals surface area contributed by atoms with E-state index in [4.69, 9.17) is 5.11 Å². The van der Waals surface area contributed by atoms with Crippen molar-refractivity contribution < 1.29 is 9.90 Å². The molecule has 70 valence electrons. The summed E-state index contributed by atoms with van der Waals surface area (Å²) in [7, 11) is 0. The number of aryl methyl sites for hydroxylation is 1. The average molecular weight is 197 g/mol. The molecule has 1 heterocycles. The maximum atomic E-state index is 10.4. The van der Waals surface area contributed by atoms with Gasteiger partial charge in [-0.2, -0.15) is 0 Å². The Bertz CT molecular complexity index is 321. The Kier molecular flexibility index (Phi) is 2.22. The molecule has 0 spiro atoms. The number of rotatable bonds is 1. The zero-order valence-electron chi connectivity index (χ0n) is 7.12. The molecule has 1 aliphatic carbocycles. The van der Waals surface area contributed by atoms with Gasteiger partial charge in [-0.05, 0) is 29.9 Å².